The highest BCUT2D eigenvalue weighted by Crippen LogP contribution is 2.40. The maximum absolute atomic E-state index is 13.4. The third kappa shape index (κ3) is 3.14. The van der Waals surface area contributed by atoms with Crippen LogP contribution in [0.2, 0.25) is 0 Å². The van der Waals surface area contributed by atoms with E-state index in [2.05, 4.69) is 11.1 Å². The van der Waals surface area contributed by atoms with Gasteiger partial charge < -0.3 is 0 Å². The summed E-state index contributed by atoms with van der Waals surface area (Å²) in [5.74, 6) is 0. The molecule has 1 aromatic heterocycles. The van der Waals surface area contributed by atoms with E-state index in [0.717, 1.165) is 30.5 Å². The molecule has 25 heavy (non-hydrogen) atoms. The smallest absolute Gasteiger partial charge is 0.240 e. The molecule has 0 N–H and O–H groups in total. The average molecular weight is 354 g/mol. The molecule has 2 aliphatic rings. The Balaban J connectivity index is 1.71. The van der Waals surface area contributed by atoms with E-state index in [1.54, 1.807) is 10.5 Å². The lowest BCUT2D eigenvalue weighted by atomic mass is 9.98. The first-order chi connectivity index (χ1) is 12.1. The van der Waals surface area contributed by atoms with Crippen molar-refractivity contribution in [3.05, 3.63) is 70.4 Å². The second kappa shape index (κ2) is 6.39. The molecule has 2 aliphatic carbocycles. The predicted molar refractivity (Wildman–Crippen MR) is 99.2 cm³/mol. The number of rotatable bonds is 5. The average Bonchev–Trinajstić information content (AvgIpc) is 3.46. The number of nitrogens with zero attached hydrogens (tertiary/aromatic N) is 2. The molecule has 0 radical (unpaired) electrons. The Hall–Kier alpha value is -1.98. The Morgan fingerprint density at radius 3 is 2.56 bits per heavy atom. The number of allylic oxidation sites excluding steroid dienone is 1. The fourth-order valence-corrected chi connectivity index (χ4v) is 5.58. The minimum Gasteiger partial charge on any atom is -0.260 e. The van der Waals surface area contributed by atoms with Gasteiger partial charge in [-0.15, -0.1) is 0 Å². The summed E-state index contributed by atoms with van der Waals surface area (Å²) in [5.41, 5.74) is 3.04. The molecule has 0 aliphatic heterocycles. The van der Waals surface area contributed by atoms with Crippen molar-refractivity contribution in [1.29, 1.82) is 0 Å². The monoisotopic (exact) mass is 354 g/mol. The van der Waals surface area contributed by atoms with E-state index in [9.17, 15) is 8.42 Å². The topological polar surface area (TPSA) is 50.3 Å². The highest BCUT2D eigenvalue weighted by atomic mass is 32.2. The Morgan fingerprint density at radius 2 is 1.84 bits per heavy atom. The van der Waals surface area contributed by atoms with Gasteiger partial charge >= 0.3 is 0 Å². The second-order valence-electron chi connectivity index (χ2n) is 6.81. The number of aryl methyl sites for hydroxylation is 1. The molecule has 0 amide bonds. The maximum atomic E-state index is 13.4. The van der Waals surface area contributed by atoms with Crippen LogP contribution in [0.4, 0.5) is 0 Å². The number of benzene rings is 1. The summed E-state index contributed by atoms with van der Waals surface area (Å²) in [7, 11) is -3.50. The molecule has 1 atom stereocenters. The molecule has 1 aromatic carbocycles. The van der Waals surface area contributed by atoms with Gasteiger partial charge in [0, 0.05) is 12.2 Å². The van der Waals surface area contributed by atoms with E-state index in [-0.39, 0.29) is 12.1 Å². The van der Waals surface area contributed by atoms with Crippen LogP contribution in [0.3, 0.4) is 0 Å². The molecular formula is C20H22N2O2S. The molecule has 1 fully saturated rings. The van der Waals surface area contributed by atoms with Gasteiger partial charge in [-0.2, -0.15) is 4.31 Å². The zero-order chi connectivity index (χ0) is 17.4. The summed E-state index contributed by atoms with van der Waals surface area (Å²) in [4.78, 5) is 4.91. The zero-order valence-corrected chi connectivity index (χ0v) is 15.1. The fraction of sp³-hybridized carbons (Fsp3) is 0.350. The van der Waals surface area contributed by atoms with Crippen molar-refractivity contribution in [2.45, 2.75) is 44.7 Å². The normalized spacial score (nSPS) is 18.6. The fourth-order valence-electron chi connectivity index (χ4n) is 3.55. The lowest BCUT2D eigenvalue weighted by molar-refractivity contribution is 0.331. The number of hydrogen-bond acceptors (Lipinski definition) is 3. The molecule has 0 bridgehead atoms. The molecule has 4 rings (SSSR count). The number of sulfonamides is 1. The van der Waals surface area contributed by atoms with Crippen LogP contribution < -0.4 is 0 Å². The third-order valence-corrected chi connectivity index (χ3v) is 7.18. The minimum atomic E-state index is -3.50. The first kappa shape index (κ1) is 16.5. The van der Waals surface area contributed by atoms with E-state index >= 15 is 0 Å². The van der Waals surface area contributed by atoms with Crippen molar-refractivity contribution in [2.24, 2.45) is 0 Å². The van der Waals surface area contributed by atoms with Crippen molar-refractivity contribution in [2.75, 3.05) is 0 Å². The third-order valence-electron chi connectivity index (χ3n) is 5.03. The van der Waals surface area contributed by atoms with Crippen molar-refractivity contribution in [3.63, 3.8) is 0 Å². The van der Waals surface area contributed by atoms with Gasteiger partial charge in [-0.1, -0.05) is 30.3 Å². The molecule has 1 heterocycles. The van der Waals surface area contributed by atoms with Gasteiger partial charge in [-0.3, -0.25) is 4.98 Å². The molecule has 1 unspecified atom stereocenters. The van der Waals surface area contributed by atoms with Gasteiger partial charge in [-0.25, -0.2) is 8.42 Å². The lowest BCUT2D eigenvalue weighted by Crippen LogP contribution is -2.37. The van der Waals surface area contributed by atoms with Crippen LogP contribution in [0.5, 0.6) is 0 Å². The van der Waals surface area contributed by atoms with Crippen molar-refractivity contribution in [1.82, 2.24) is 9.29 Å². The summed E-state index contributed by atoms with van der Waals surface area (Å²) in [5, 5.41) is 0. The number of fused-ring (bicyclic) bond motifs is 1. The van der Waals surface area contributed by atoms with Crippen LogP contribution in [0.1, 0.15) is 49.0 Å². The molecule has 2 aromatic rings. The minimum absolute atomic E-state index is 0.0973. The standard InChI is InChI=1S/C20H22N2O2S/c1-15(20-8-4-5-13-21-20)22(18-10-11-18)25(23,24)19-12-9-16-6-2-3-7-17(16)14-19/h2-8,13-15,18H,9-12H2,1H3. The SMILES string of the molecule is CC(c1ccccn1)N(C1CC1)S(=O)(=O)C1=Cc2ccccc2CC1. The highest BCUT2D eigenvalue weighted by Gasteiger charge is 2.43. The van der Waals surface area contributed by atoms with Crippen LogP contribution >= 0.6 is 0 Å². The maximum Gasteiger partial charge on any atom is 0.240 e. The second-order valence-corrected chi connectivity index (χ2v) is 8.70. The van der Waals surface area contributed by atoms with Gasteiger partial charge in [0.15, 0.2) is 0 Å². The zero-order valence-electron chi connectivity index (χ0n) is 14.3. The van der Waals surface area contributed by atoms with Crippen molar-refractivity contribution < 1.29 is 8.42 Å². The Labute approximate surface area is 149 Å². The number of aromatic nitrogens is 1. The van der Waals surface area contributed by atoms with Gasteiger partial charge in [-0.05, 0) is 61.9 Å². The van der Waals surface area contributed by atoms with E-state index in [0.29, 0.717) is 11.3 Å². The molecule has 5 heteroatoms. The van der Waals surface area contributed by atoms with Gasteiger partial charge in [0.2, 0.25) is 10.0 Å². The first-order valence-electron chi connectivity index (χ1n) is 8.80. The van der Waals surface area contributed by atoms with E-state index in [4.69, 9.17) is 0 Å². The Bertz CT molecular complexity index is 902. The summed E-state index contributed by atoms with van der Waals surface area (Å²) < 4.78 is 28.5. The highest BCUT2D eigenvalue weighted by molar-refractivity contribution is 7.93. The largest absolute Gasteiger partial charge is 0.260 e. The molecule has 4 nitrogen and oxygen atoms in total. The predicted octanol–water partition coefficient (Wildman–Crippen LogP) is 3.92. The van der Waals surface area contributed by atoms with Gasteiger partial charge in [0.1, 0.15) is 0 Å². The van der Waals surface area contributed by atoms with Crippen LogP contribution in [0, 0.1) is 0 Å². The lowest BCUT2D eigenvalue weighted by Gasteiger charge is -2.30. The van der Waals surface area contributed by atoms with Crippen molar-refractivity contribution >= 4 is 16.1 Å². The Morgan fingerprint density at radius 1 is 1.08 bits per heavy atom. The molecule has 0 spiro atoms. The molecule has 0 saturated heterocycles. The van der Waals surface area contributed by atoms with Crippen LogP contribution in [0.25, 0.3) is 6.08 Å². The molecule has 1 saturated carbocycles. The van der Waals surface area contributed by atoms with E-state index in [1.165, 1.54) is 5.56 Å². The van der Waals surface area contributed by atoms with Crippen LogP contribution in [0.15, 0.2) is 53.6 Å². The van der Waals surface area contributed by atoms with E-state index < -0.39 is 10.0 Å². The summed E-state index contributed by atoms with van der Waals surface area (Å²) >= 11 is 0. The number of pyridine rings is 1. The van der Waals surface area contributed by atoms with Gasteiger partial charge in [0.25, 0.3) is 0 Å². The first-order valence-corrected chi connectivity index (χ1v) is 10.2. The molecule has 130 valence electrons. The summed E-state index contributed by atoms with van der Waals surface area (Å²) in [6.45, 7) is 1.94. The summed E-state index contributed by atoms with van der Waals surface area (Å²) in [6, 6.07) is 13.5. The van der Waals surface area contributed by atoms with Crippen LogP contribution in [-0.4, -0.2) is 23.7 Å². The molecular weight excluding hydrogens is 332 g/mol. The van der Waals surface area contributed by atoms with E-state index in [1.807, 2.05) is 49.4 Å². The summed E-state index contributed by atoms with van der Waals surface area (Å²) in [6.07, 6.45) is 6.78. The Kier molecular flexibility index (Phi) is 4.21. The van der Waals surface area contributed by atoms with Gasteiger partial charge in [0.05, 0.1) is 16.6 Å². The van der Waals surface area contributed by atoms with Crippen LogP contribution in [-0.2, 0) is 16.4 Å². The van der Waals surface area contributed by atoms with Crippen molar-refractivity contribution in [3.8, 4) is 0 Å². The number of hydrogen-bond donors (Lipinski definition) is 0. The quantitative estimate of drug-likeness (QED) is 0.817.